The van der Waals surface area contributed by atoms with Crippen LogP contribution in [0, 0.1) is 0 Å². The maximum atomic E-state index is 2.49. The predicted molar refractivity (Wildman–Crippen MR) is 196 cm³/mol. The van der Waals surface area contributed by atoms with Gasteiger partial charge in [0.15, 0.2) is 0 Å². The van der Waals surface area contributed by atoms with Gasteiger partial charge in [-0.3, -0.25) is 0 Å². The largest absolute Gasteiger partial charge is 0.135 e. The Kier molecular flexibility index (Phi) is 5.13. The van der Waals surface area contributed by atoms with Crippen LogP contribution in [0.1, 0.15) is 0 Å². The normalized spacial score (nSPS) is 12.1. The van der Waals surface area contributed by atoms with Crippen molar-refractivity contribution in [2.45, 2.75) is 0 Å². The summed E-state index contributed by atoms with van der Waals surface area (Å²) in [6.45, 7) is 0. The highest BCUT2D eigenvalue weighted by molar-refractivity contribution is 7.27. The minimum atomic E-state index is 1.25. The third kappa shape index (κ3) is 3.33. The van der Waals surface area contributed by atoms with Gasteiger partial charge in [0.05, 0.1) is 0 Å². The third-order valence-corrected chi connectivity index (χ3v) is 11.5. The number of fused-ring (bicyclic) bond motifs is 11. The zero-order valence-corrected chi connectivity index (χ0v) is 25.3. The van der Waals surface area contributed by atoms with Crippen molar-refractivity contribution in [2.24, 2.45) is 0 Å². The van der Waals surface area contributed by atoms with Gasteiger partial charge in [-0.25, -0.2) is 0 Å². The van der Waals surface area contributed by atoms with Crippen molar-refractivity contribution >= 4 is 95.3 Å². The molecule has 10 aromatic rings. The first-order valence-corrected chi connectivity index (χ1v) is 16.7. The van der Waals surface area contributed by atoms with Crippen LogP contribution >= 0.6 is 22.7 Å². The van der Waals surface area contributed by atoms with Crippen LogP contribution in [0.15, 0.2) is 146 Å². The minimum absolute atomic E-state index is 1.25. The summed E-state index contributed by atoms with van der Waals surface area (Å²) in [5.74, 6) is 0. The van der Waals surface area contributed by atoms with E-state index in [2.05, 4.69) is 146 Å². The second-order valence-electron chi connectivity index (χ2n) is 11.6. The highest BCUT2D eigenvalue weighted by Crippen LogP contribution is 2.51. The van der Waals surface area contributed by atoms with Crippen molar-refractivity contribution in [3.05, 3.63) is 146 Å². The predicted octanol–water partition coefficient (Wildman–Crippen LogP) is 13.2. The smallest absolute Gasteiger partial charge is 0.0368 e. The van der Waals surface area contributed by atoms with Crippen LogP contribution in [0.2, 0.25) is 0 Å². The van der Waals surface area contributed by atoms with Gasteiger partial charge in [-0.1, -0.05) is 121 Å². The molecule has 0 radical (unpaired) electrons. The zero-order valence-electron chi connectivity index (χ0n) is 23.7. The molecule has 10 rings (SSSR count). The lowest BCUT2D eigenvalue weighted by Crippen LogP contribution is -1.92. The van der Waals surface area contributed by atoms with E-state index in [4.69, 9.17) is 0 Å². The molecular formula is C42H24S2. The van der Waals surface area contributed by atoms with Crippen LogP contribution in [0.25, 0.3) is 94.9 Å². The van der Waals surface area contributed by atoms with E-state index in [-0.39, 0.29) is 0 Å². The summed E-state index contributed by atoms with van der Waals surface area (Å²) >= 11 is 3.82. The second-order valence-corrected chi connectivity index (χ2v) is 13.7. The van der Waals surface area contributed by atoms with Crippen LogP contribution in [0.5, 0.6) is 0 Å². The molecule has 0 saturated heterocycles. The molecule has 0 bridgehead atoms. The fourth-order valence-corrected chi connectivity index (χ4v) is 9.74. The Hall–Kier alpha value is -5.02. The van der Waals surface area contributed by atoms with Gasteiger partial charge in [-0.15, -0.1) is 22.7 Å². The summed E-state index contributed by atoms with van der Waals surface area (Å²) in [6.07, 6.45) is 0. The molecule has 204 valence electrons. The first-order chi connectivity index (χ1) is 21.8. The van der Waals surface area contributed by atoms with Crippen molar-refractivity contribution in [3.8, 4) is 22.3 Å². The molecule has 0 aliphatic carbocycles. The molecule has 8 aromatic carbocycles. The number of hydrogen-bond acceptors (Lipinski definition) is 2. The van der Waals surface area contributed by atoms with E-state index in [1.165, 1.54) is 94.9 Å². The van der Waals surface area contributed by atoms with Gasteiger partial charge in [0.25, 0.3) is 0 Å². The Balaban J connectivity index is 1.47. The molecule has 0 aliphatic rings. The molecule has 0 amide bonds. The van der Waals surface area contributed by atoms with Crippen molar-refractivity contribution in [2.75, 3.05) is 0 Å². The molecule has 0 nitrogen and oxygen atoms in total. The summed E-state index contributed by atoms with van der Waals surface area (Å²) in [5, 5.41) is 13.3. The number of thiophene rings is 2. The van der Waals surface area contributed by atoms with E-state index in [0.717, 1.165) is 0 Å². The molecule has 0 unspecified atom stereocenters. The van der Waals surface area contributed by atoms with Crippen LogP contribution < -0.4 is 0 Å². The third-order valence-electron chi connectivity index (χ3n) is 9.25. The molecule has 2 aromatic heterocycles. The fourth-order valence-electron chi connectivity index (χ4n) is 7.47. The standard InChI is InChI=1S/C42H24S2/c1-2-12-25(13-3-1)38-26-14-4-6-16-28(26)39(29-17-7-5-15-27(29)38)33-24-37-41(32-19-9-11-21-35(32)44-37)42-30(33)22-23-36-40(42)31-18-8-10-20-34(31)43-36/h1-24H. The van der Waals surface area contributed by atoms with Crippen molar-refractivity contribution in [1.82, 2.24) is 0 Å². The summed E-state index contributed by atoms with van der Waals surface area (Å²) in [4.78, 5) is 0. The lowest BCUT2D eigenvalue weighted by atomic mass is 9.84. The van der Waals surface area contributed by atoms with Gasteiger partial charge >= 0.3 is 0 Å². The lowest BCUT2D eigenvalue weighted by Gasteiger charge is -2.19. The summed E-state index contributed by atoms with van der Waals surface area (Å²) in [7, 11) is 0. The summed E-state index contributed by atoms with van der Waals surface area (Å²) < 4.78 is 5.38. The Morgan fingerprint density at radius 1 is 0.295 bits per heavy atom. The minimum Gasteiger partial charge on any atom is -0.135 e. The fraction of sp³-hybridized carbons (Fsp3) is 0. The van der Waals surface area contributed by atoms with Crippen LogP contribution in [-0.2, 0) is 0 Å². The molecule has 0 spiro atoms. The van der Waals surface area contributed by atoms with Crippen molar-refractivity contribution < 1.29 is 0 Å². The molecule has 0 aliphatic heterocycles. The van der Waals surface area contributed by atoms with Gasteiger partial charge in [0.1, 0.15) is 0 Å². The van der Waals surface area contributed by atoms with E-state index in [9.17, 15) is 0 Å². The van der Waals surface area contributed by atoms with Gasteiger partial charge in [0, 0.05) is 45.7 Å². The van der Waals surface area contributed by atoms with Gasteiger partial charge in [-0.05, 0) is 73.5 Å². The maximum Gasteiger partial charge on any atom is 0.0368 e. The summed E-state index contributed by atoms with van der Waals surface area (Å²) in [5.41, 5.74) is 5.18. The molecule has 2 heterocycles. The Morgan fingerprint density at radius 3 is 1.39 bits per heavy atom. The van der Waals surface area contributed by atoms with Gasteiger partial charge in [-0.2, -0.15) is 0 Å². The monoisotopic (exact) mass is 592 g/mol. The zero-order chi connectivity index (χ0) is 28.8. The number of hydrogen-bond donors (Lipinski definition) is 0. The Labute approximate surface area is 262 Å². The van der Waals surface area contributed by atoms with Gasteiger partial charge in [0.2, 0.25) is 0 Å². The second kappa shape index (κ2) is 9.24. The van der Waals surface area contributed by atoms with E-state index in [0.29, 0.717) is 0 Å². The van der Waals surface area contributed by atoms with E-state index >= 15 is 0 Å². The molecule has 44 heavy (non-hydrogen) atoms. The molecule has 2 heteroatoms. The van der Waals surface area contributed by atoms with Crippen LogP contribution in [-0.4, -0.2) is 0 Å². The number of benzene rings is 8. The van der Waals surface area contributed by atoms with Gasteiger partial charge < -0.3 is 0 Å². The van der Waals surface area contributed by atoms with Crippen molar-refractivity contribution in [3.63, 3.8) is 0 Å². The topological polar surface area (TPSA) is 0 Å². The SMILES string of the molecule is c1ccc(-c2c3ccccc3c(-c3cc4sc5ccccc5c4c4c3ccc3sc5ccccc5c34)c3ccccc23)cc1. The lowest BCUT2D eigenvalue weighted by molar-refractivity contribution is 1.67. The van der Waals surface area contributed by atoms with Crippen molar-refractivity contribution in [1.29, 1.82) is 0 Å². The average molecular weight is 593 g/mol. The first-order valence-electron chi connectivity index (χ1n) is 15.0. The average Bonchev–Trinajstić information content (AvgIpc) is 3.65. The van der Waals surface area contributed by atoms with E-state index < -0.39 is 0 Å². The highest BCUT2D eigenvalue weighted by Gasteiger charge is 2.22. The maximum absolute atomic E-state index is 2.49. The molecule has 0 saturated carbocycles. The highest BCUT2D eigenvalue weighted by atomic mass is 32.1. The molecule has 0 N–H and O–H groups in total. The first kappa shape index (κ1) is 24.4. The Bertz CT molecular complexity index is 2680. The van der Waals surface area contributed by atoms with E-state index in [1.807, 2.05) is 22.7 Å². The van der Waals surface area contributed by atoms with E-state index in [1.54, 1.807) is 0 Å². The van der Waals surface area contributed by atoms with Crippen LogP contribution in [0.3, 0.4) is 0 Å². The molecule has 0 atom stereocenters. The summed E-state index contributed by atoms with van der Waals surface area (Å²) in [6, 6.07) is 54.0. The quantitative estimate of drug-likeness (QED) is 0.175. The molecular weight excluding hydrogens is 569 g/mol. The van der Waals surface area contributed by atoms with Crippen LogP contribution in [0.4, 0.5) is 0 Å². The molecule has 0 fully saturated rings. The number of rotatable bonds is 2. The Morgan fingerprint density at radius 2 is 0.773 bits per heavy atom.